The van der Waals surface area contributed by atoms with Crippen LogP contribution in [-0.4, -0.2) is 32.9 Å². The molecular formula is C6H6Si3. The molecule has 0 heterocycles. The van der Waals surface area contributed by atoms with E-state index >= 15 is 0 Å². The fourth-order valence-corrected chi connectivity index (χ4v) is 0.385. The van der Waals surface area contributed by atoms with Gasteiger partial charge in [-0.15, -0.1) is 0 Å². The second kappa shape index (κ2) is 10.8. The molecule has 0 nitrogen and oxygen atoms in total. The van der Waals surface area contributed by atoms with E-state index in [1.54, 1.807) is 0 Å². The molecule has 3 heteroatoms. The lowest BCUT2D eigenvalue weighted by molar-refractivity contribution is 1.72. The van der Waals surface area contributed by atoms with Crippen LogP contribution in [0.3, 0.4) is 0 Å². The van der Waals surface area contributed by atoms with Crippen LogP contribution in [0.25, 0.3) is 0 Å². The first-order chi connectivity index (χ1) is 3.00. The van der Waals surface area contributed by atoms with Crippen LogP contribution in [0.15, 0.2) is 36.4 Å². The van der Waals surface area contributed by atoms with Crippen LogP contribution in [0, 0.1) is 0 Å². The van der Waals surface area contributed by atoms with Crippen LogP contribution < -0.4 is 0 Å². The molecule has 1 aromatic rings. The Morgan fingerprint density at radius 3 is 0.556 bits per heavy atom. The zero-order valence-corrected chi connectivity index (χ0v) is 7.96. The lowest BCUT2D eigenvalue weighted by Crippen LogP contribution is -1.47. The predicted octanol–water partition coefficient (Wildman–Crippen LogP) is 0.544. The van der Waals surface area contributed by atoms with Gasteiger partial charge >= 0.3 is 0 Å². The van der Waals surface area contributed by atoms with Gasteiger partial charge in [-0.3, -0.25) is 0 Å². The Morgan fingerprint density at radius 1 is 0.333 bits per heavy atom. The van der Waals surface area contributed by atoms with Crippen molar-refractivity contribution in [2.45, 2.75) is 0 Å². The Kier molecular flexibility index (Phi) is 19.1. The second-order valence-corrected chi connectivity index (χ2v) is 1.15. The van der Waals surface area contributed by atoms with E-state index in [1.165, 1.54) is 0 Å². The Bertz CT molecular complexity index is 80.2. The van der Waals surface area contributed by atoms with E-state index in [-0.39, 0.29) is 32.9 Å². The van der Waals surface area contributed by atoms with Crippen molar-refractivity contribution < 1.29 is 0 Å². The summed E-state index contributed by atoms with van der Waals surface area (Å²) in [6, 6.07) is 12.0. The average Bonchev–Trinajstić information content (AvgIpc) is 1.72. The first-order valence-corrected chi connectivity index (χ1v) is 2.00. The Labute approximate surface area is 69.8 Å². The average molecular weight is 162 g/mol. The van der Waals surface area contributed by atoms with Gasteiger partial charge in [-0.2, -0.15) is 0 Å². The Morgan fingerprint density at radius 2 is 0.444 bits per heavy atom. The SMILES string of the molecule is [Si].[Si].[Si].c1ccccc1. The smallest absolute Gasteiger partial charge is 0 e. The summed E-state index contributed by atoms with van der Waals surface area (Å²) in [7, 11) is 0. The van der Waals surface area contributed by atoms with Crippen molar-refractivity contribution in [3.05, 3.63) is 36.4 Å². The van der Waals surface area contributed by atoms with Crippen molar-refractivity contribution in [1.29, 1.82) is 0 Å². The van der Waals surface area contributed by atoms with Crippen molar-refractivity contribution in [2.75, 3.05) is 0 Å². The van der Waals surface area contributed by atoms with Gasteiger partial charge in [0.15, 0.2) is 0 Å². The van der Waals surface area contributed by atoms with Crippen LogP contribution >= 0.6 is 0 Å². The van der Waals surface area contributed by atoms with Gasteiger partial charge in [0.2, 0.25) is 0 Å². The van der Waals surface area contributed by atoms with Gasteiger partial charge in [0.25, 0.3) is 0 Å². The van der Waals surface area contributed by atoms with E-state index in [4.69, 9.17) is 0 Å². The number of hydrogen-bond donors (Lipinski definition) is 0. The summed E-state index contributed by atoms with van der Waals surface area (Å²) >= 11 is 0. The van der Waals surface area contributed by atoms with Crippen LogP contribution in [0.2, 0.25) is 0 Å². The maximum atomic E-state index is 2.00. The second-order valence-electron chi connectivity index (χ2n) is 1.15. The van der Waals surface area contributed by atoms with E-state index < -0.39 is 0 Å². The molecule has 0 amide bonds. The third-order valence-electron chi connectivity index (χ3n) is 0.667. The molecule has 9 heavy (non-hydrogen) atoms. The molecule has 0 atom stereocenters. The summed E-state index contributed by atoms with van der Waals surface area (Å²) in [5.74, 6) is 0. The number of hydrogen-bond acceptors (Lipinski definition) is 0. The summed E-state index contributed by atoms with van der Waals surface area (Å²) < 4.78 is 0. The molecule has 0 spiro atoms. The Hall–Kier alpha value is -0.129. The minimum atomic E-state index is 0. The molecule has 42 valence electrons. The van der Waals surface area contributed by atoms with Gasteiger partial charge in [-0.25, -0.2) is 0 Å². The molecule has 12 radical (unpaired) electrons. The third kappa shape index (κ3) is 7.87. The van der Waals surface area contributed by atoms with Crippen molar-refractivity contribution in [3.63, 3.8) is 0 Å². The van der Waals surface area contributed by atoms with Crippen molar-refractivity contribution in [1.82, 2.24) is 0 Å². The van der Waals surface area contributed by atoms with Gasteiger partial charge in [0, 0.05) is 32.9 Å². The van der Waals surface area contributed by atoms with Crippen molar-refractivity contribution >= 4 is 32.9 Å². The van der Waals surface area contributed by atoms with E-state index in [0.717, 1.165) is 0 Å². The summed E-state index contributed by atoms with van der Waals surface area (Å²) in [5.41, 5.74) is 0. The van der Waals surface area contributed by atoms with Gasteiger partial charge in [-0.05, 0) is 0 Å². The lowest BCUT2D eigenvalue weighted by atomic mass is 10.4. The summed E-state index contributed by atoms with van der Waals surface area (Å²) in [6.45, 7) is 0. The molecule has 0 saturated heterocycles. The van der Waals surface area contributed by atoms with Crippen LogP contribution in [0.5, 0.6) is 0 Å². The third-order valence-corrected chi connectivity index (χ3v) is 0.667. The molecule has 0 aliphatic rings. The van der Waals surface area contributed by atoms with Gasteiger partial charge in [0.05, 0.1) is 0 Å². The fraction of sp³-hybridized carbons (Fsp3) is 0. The van der Waals surface area contributed by atoms with E-state index in [2.05, 4.69) is 0 Å². The highest BCUT2D eigenvalue weighted by Crippen LogP contribution is 1.79. The van der Waals surface area contributed by atoms with E-state index in [0.29, 0.717) is 0 Å². The van der Waals surface area contributed by atoms with Crippen LogP contribution in [-0.2, 0) is 0 Å². The summed E-state index contributed by atoms with van der Waals surface area (Å²) in [5, 5.41) is 0. The van der Waals surface area contributed by atoms with Gasteiger partial charge < -0.3 is 0 Å². The minimum absolute atomic E-state index is 0. The largest absolute Gasteiger partial charge is 0.0623 e. The first kappa shape index (κ1) is 15.9. The molecular weight excluding hydrogens is 156 g/mol. The fourth-order valence-electron chi connectivity index (χ4n) is 0.385. The maximum absolute atomic E-state index is 2.00. The highest BCUT2D eigenvalue weighted by atomic mass is 28.1. The molecule has 1 aromatic carbocycles. The summed E-state index contributed by atoms with van der Waals surface area (Å²) in [6.07, 6.45) is 0. The maximum Gasteiger partial charge on any atom is 0 e. The first-order valence-electron chi connectivity index (χ1n) is 2.00. The quantitative estimate of drug-likeness (QED) is 0.489. The predicted molar refractivity (Wildman–Crippen MR) is 43.7 cm³/mol. The molecule has 0 aliphatic heterocycles. The highest BCUT2D eigenvalue weighted by molar-refractivity contribution is 5.76. The standard InChI is InChI=1S/C6H6.3Si/c1-2-4-6-5-3-1;;;/h1-6H;;;. The highest BCUT2D eigenvalue weighted by Gasteiger charge is 1.57. The molecule has 1 rings (SSSR count). The minimum Gasteiger partial charge on any atom is -0.0623 e. The molecule has 0 unspecified atom stereocenters. The van der Waals surface area contributed by atoms with Gasteiger partial charge in [-0.1, -0.05) is 36.4 Å². The lowest BCUT2D eigenvalue weighted by Gasteiger charge is -1.69. The number of rotatable bonds is 0. The number of benzene rings is 1. The van der Waals surface area contributed by atoms with Crippen LogP contribution in [0.1, 0.15) is 0 Å². The van der Waals surface area contributed by atoms with E-state index in [1.807, 2.05) is 36.4 Å². The molecule has 0 aliphatic carbocycles. The van der Waals surface area contributed by atoms with Crippen molar-refractivity contribution in [2.24, 2.45) is 0 Å². The van der Waals surface area contributed by atoms with Gasteiger partial charge in [0.1, 0.15) is 0 Å². The normalized spacial score (nSPS) is 5.33. The van der Waals surface area contributed by atoms with Crippen molar-refractivity contribution in [3.8, 4) is 0 Å². The van der Waals surface area contributed by atoms with E-state index in [9.17, 15) is 0 Å². The molecule has 0 bridgehead atoms. The molecule has 0 N–H and O–H groups in total. The monoisotopic (exact) mass is 162 g/mol. The topological polar surface area (TPSA) is 0 Å². The zero-order chi connectivity index (χ0) is 4.24. The Balaban J connectivity index is -0.000000120. The molecule has 0 aromatic heterocycles. The summed E-state index contributed by atoms with van der Waals surface area (Å²) in [4.78, 5) is 0. The van der Waals surface area contributed by atoms with Crippen LogP contribution in [0.4, 0.5) is 0 Å². The molecule has 0 saturated carbocycles. The molecule has 0 fully saturated rings. The zero-order valence-electron chi connectivity index (χ0n) is 4.96.